The van der Waals surface area contributed by atoms with Crippen molar-refractivity contribution in [2.45, 2.75) is 31.6 Å². The fourth-order valence-electron chi connectivity index (χ4n) is 3.69. The molecule has 2 aromatic rings. The summed E-state index contributed by atoms with van der Waals surface area (Å²) < 4.78 is 6.33. The van der Waals surface area contributed by atoms with E-state index < -0.39 is 5.41 Å². The van der Waals surface area contributed by atoms with Crippen molar-refractivity contribution in [2.75, 3.05) is 19.0 Å². The Balaban J connectivity index is 2.04. The van der Waals surface area contributed by atoms with Gasteiger partial charge in [0, 0.05) is 23.1 Å². The minimum absolute atomic E-state index is 0.0534. The number of carbonyl (C=O) groups excluding carboxylic acids is 1. The fourth-order valence-corrected chi connectivity index (χ4v) is 4.03. The second-order valence-corrected chi connectivity index (χ2v) is 8.17. The molecule has 1 atom stereocenters. The Kier molecular flexibility index (Phi) is 5.61. The summed E-state index contributed by atoms with van der Waals surface area (Å²) in [7, 11) is 1.60. The highest BCUT2D eigenvalue weighted by Gasteiger charge is 2.46. The number of hydrogen-bond donors (Lipinski definition) is 2. The first-order chi connectivity index (χ1) is 12.9. The van der Waals surface area contributed by atoms with Crippen LogP contribution in [0.25, 0.3) is 0 Å². The highest BCUT2D eigenvalue weighted by molar-refractivity contribution is 9.10. The van der Waals surface area contributed by atoms with Gasteiger partial charge in [-0.2, -0.15) is 0 Å². The van der Waals surface area contributed by atoms with Crippen molar-refractivity contribution in [2.24, 2.45) is 0 Å². The molecule has 1 amide bonds. The number of amides is 1. The topological polar surface area (TPSA) is 50.4 Å². The zero-order valence-electron chi connectivity index (χ0n) is 15.9. The molecule has 0 spiro atoms. The van der Waals surface area contributed by atoms with Gasteiger partial charge in [0.2, 0.25) is 5.91 Å². The van der Waals surface area contributed by atoms with Gasteiger partial charge in [-0.15, -0.1) is 0 Å². The van der Waals surface area contributed by atoms with E-state index in [2.05, 4.69) is 59.1 Å². The molecule has 4 nitrogen and oxygen atoms in total. The number of nitrogens with one attached hydrogen (secondary N) is 2. The molecule has 0 radical (unpaired) electrons. The maximum Gasteiger partial charge on any atom is 0.237 e. The number of ether oxygens (including phenoxy) is 1. The summed E-state index contributed by atoms with van der Waals surface area (Å²) in [5.74, 6) is 0.888. The molecule has 0 bridgehead atoms. The van der Waals surface area contributed by atoms with Gasteiger partial charge in [-0.1, -0.05) is 60.6 Å². The third-order valence-electron chi connectivity index (χ3n) is 5.10. The van der Waals surface area contributed by atoms with Crippen molar-refractivity contribution >= 4 is 27.5 Å². The first kappa shape index (κ1) is 19.5. The van der Waals surface area contributed by atoms with E-state index in [0.29, 0.717) is 30.3 Å². The van der Waals surface area contributed by atoms with Crippen LogP contribution in [0.15, 0.2) is 59.2 Å². The molecule has 0 aromatic heterocycles. The normalized spacial score (nSPS) is 19.1. The maximum absolute atomic E-state index is 13.6. The number of rotatable bonds is 5. The molecule has 27 heavy (non-hydrogen) atoms. The lowest BCUT2D eigenvalue weighted by Crippen LogP contribution is -2.43. The molecule has 1 aliphatic heterocycles. The van der Waals surface area contributed by atoms with Gasteiger partial charge in [0.05, 0.1) is 18.2 Å². The van der Waals surface area contributed by atoms with Gasteiger partial charge in [-0.05, 0) is 35.2 Å². The van der Waals surface area contributed by atoms with Crippen molar-refractivity contribution in [3.05, 3.63) is 70.3 Å². The van der Waals surface area contributed by atoms with Crippen LogP contribution < -0.4 is 15.4 Å². The van der Waals surface area contributed by atoms with Gasteiger partial charge in [0.1, 0.15) is 5.75 Å². The van der Waals surface area contributed by atoms with E-state index in [4.69, 9.17) is 4.74 Å². The Labute approximate surface area is 169 Å². The van der Waals surface area contributed by atoms with Crippen LogP contribution in [0.4, 0.5) is 5.69 Å². The molecule has 5 heteroatoms. The lowest BCUT2D eigenvalue weighted by molar-refractivity contribution is -0.121. The number of methoxy groups -OCH3 is 1. The minimum atomic E-state index is -0.698. The summed E-state index contributed by atoms with van der Waals surface area (Å²) in [6, 6.07) is 13.8. The average molecular weight is 429 g/mol. The fraction of sp³-hybridized carbons (Fsp3) is 0.318. The van der Waals surface area contributed by atoms with Crippen LogP contribution in [0.2, 0.25) is 0 Å². The Morgan fingerprint density at radius 3 is 2.67 bits per heavy atom. The van der Waals surface area contributed by atoms with Crippen LogP contribution in [-0.4, -0.2) is 19.6 Å². The molecule has 2 N–H and O–H groups in total. The van der Waals surface area contributed by atoms with Crippen LogP contribution in [-0.2, 0) is 10.2 Å². The van der Waals surface area contributed by atoms with E-state index >= 15 is 0 Å². The molecule has 142 valence electrons. The molecular formula is C22H25BrN2O2. The van der Waals surface area contributed by atoms with E-state index in [1.807, 2.05) is 30.3 Å². The monoisotopic (exact) mass is 428 g/mol. The predicted octanol–water partition coefficient (Wildman–Crippen LogP) is 4.96. The highest BCUT2D eigenvalue weighted by atomic mass is 79.9. The van der Waals surface area contributed by atoms with E-state index in [0.717, 1.165) is 15.7 Å². The Hall–Kier alpha value is -2.27. The third kappa shape index (κ3) is 3.74. The van der Waals surface area contributed by atoms with Gasteiger partial charge in [0.15, 0.2) is 0 Å². The minimum Gasteiger partial charge on any atom is -0.495 e. The van der Waals surface area contributed by atoms with Crippen LogP contribution in [0.1, 0.15) is 37.3 Å². The highest BCUT2D eigenvalue weighted by Crippen LogP contribution is 2.40. The second-order valence-electron chi connectivity index (χ2n) is 7.26. The van der Waals surface area contributed by atoms with Gasteiger partial charge >= 0.3 is 0 Å². The lowest BCUT2D eigenvalue weighted by Gasteiger charge is -2.30. The predicted molar refractivity (Wildman–Crippen MR) is 113 cm³/mol. The third-order valence-corrected chi connectivity index (χ3v) is 5.59. The Morgan fingerprint density at radius 2 is 2.04 bits per heavy atom. The van der Waals surface area contributed by atoms with Crippen LogP contribution in [0.5, 0.6) is 5.75 Å². The van der Waals surface area contributed by atoms with Crippen LogP contribution in [0, 0.1) is 0 Å². The van der Waals surface area contributed by atoms with Gasteiger partial charge < -0.3 is 15.4 Å². The molecule has 1 saturated heterocycles. The summed E-state index contributed by atoms with van der Waals surface area (Å²) >= 11 is 3.44. The maximum atomic E-state index is 13.6. The van der Waals surface area contributed by atoms with Crippen molar-refractivity contribution in [1.82, 2.24) is 5.32 Å². The number of allylic oxidation sites excluding steroid dienone is 1. The van der Waals surface area contributed by atoms with E-state index in [9.17, 15) is 4.79 Å². The SMILES string of the molecule is C=C1CC(C(=O)Nc2ccc(Br)cc2OC)(c2ccccc2C(C)C)CN1. The average Bonchev–Trinajstić information content (AvgIpc) is 3.06. The zero-order chi connectivity index (χ0) is 19.6. The Bertz CT molecular complexity index is 878. The molecule has 1 unspecified atom stereocenters. The van der Waals surface area contributed by atoms with Crippen molar-refractivity contribution in [3.63, 3.8) is 0 Å². The van der Waals surface area contributed by atoms with Crippen LogP contribution in [0.3, 0.4) is 0 Å². The summed E-state index contributed by atoms with van der Waals surface area (Å²) in [4.78, 5) is 13.6. The molecule has 3 rings (SSSR count). The number of hydrogen-bond acceptors (Lipinski definition) is 3. The van der Waals surface area contributed by atoms with Crippen molar-refractivity contribution in [1.29, 1.82) is 0 Å². The molecule has 1 fully saturated rings. The lowest BCUT2D eigenvalue weighted by atomic mass is 9.74. The van der Waals surface area contributed by atoms with Crippen molar-refractivity contribution < 1.29 is 9.53 Å². The summed E-state index contributed by atoms with van der Waals surface area (Å²) in [6.07, 6.45) is 0.571. The molecule has 0 aliphatic carbocycles. The first-order valence-corrected chi connectivity index (χ1v) is 9.83. The smallest absolute Gasteiger partial charge is 0.237 e. The molecule has 1 aliphatic rings. The molecule has 2 aromatic carbocycles. The summed E-state index contributed by atoms with van der Waals surface area (Å²) in [5, 5.41) is 6.38. The molecule has 0 saturated carbocycles. The standard InChI is InChI=1S/C22H25BrN2O2/c1-14(2)17-7-5-6-8-18(17)22(12-15(3)24-13-22)21(26)25-19-10-9-16(23)11-20(19)27-4/h5-11,14,24H,3,12-13H2,1-2,4H3,(H,25,26). The van der Waals surface area contributed by atoms with Gasteiger partial charge in [-0.25, -0.2) is 0 Å². The molecule has 1 heterocycles. The summed E-state index contributed by atoms with van der Waals surface area (Å²) in [6.45, 7) is 8.89. The van der Waals surface area contributed by atoms with Gasteiger partial charge in [-0.3, -0.25) is 4.79 Å². The number of halogens is 1. The largest absolute Gasteiger partial charge is 0.495 e. The van der Waals surface area contributed by atoms with E-state index in [1.54, 1.807) is 7.11 Å². The van der Waals surface area contributed by atoms with E-state index in [1.165, 1.54) is 5.56 Å². The first-order valence-electron chi connectivity index (χ1n) is 9.03. The molecular weight excluding hydrogens is 404 g/mol. The quantitative estimate of drug-likeness (QED) is 0.706. The zero-order valence-corrected chi connectivity index (χ0v) is 17.5. The summed E-state index contributed by atoms with van der Waals surface area (Å²) in [5.41, 5.74) is 3.08. The second kappa shape index (κ2) is 7.77. The Morgan fingerprint density at radius 1 is 1.30 bits per heavy atom. The number of anilines is 1. The number of benzene rings is 2. The van der Waals surface area contributed by atoms with Gasteiger partial charge in [0.25, 0.3) is 0 Å². The van der Waals surface area contributed by atoms with E-state index in [-0.39, 0.29) is 5.91 Å². The number of carbonyl (C=O) groups is 1. The van der Waals surface area contributed by atoms with Crippen LogP contribution >= 0.6 is 15.9 Å². The van der Waals surface area contributed by atoms with Crippen molar-refractivity contribution in [3.8, 4) is 5.75 Å².